The van der Waals surface area contributed by atoms with E-state index in [1.807, 2.05) is 35.2 Å². The average molecular weight is 369 g/mol. The standard InChI is InChI=1S/C20H23N3O2S/c21-13-17-16(15-8-4-3-5-9-15)12-18(24)22-20(17)26-14-19(25)23-10-6-1-2-7-11-23/h3-5,8-9,16H,1-2,6-7,10-12,14H2,(H,22,24)/t16-/m1/s1. The first kappa shape index (κ1) is 18.5. The van der Waals surface area contributed by atoms with Crippen molar-refractivity contribution in [1.82, 2.24) is 10.2 Å². The van der Waals surface area contributed by atoms with Crippen molar-refractivity contribution < 1.29 is 9.59 Å². The van der Waals surface area contributed by atoms with Crippen molar-refractivity contribution in [2.24, 2.45) is 0 Å². The average Bonchev–Trinajstić information content (AvgIpc) is 2.96. The normalized spacial score (nSPS) is 21.0. The zero-order valence-electron chi connectivity index (χ0n) is 14.7. The molecule has 3 rings (SSSR count). The number of hydrogen-bond donors (Lipinski definition) is 1. The monoisotopic (exact) mass is 369 g/mol. The molecule has 1 aromatic rings. The molecule has 2 aliphatic heterocycles. The quantitative estimate of drug-likeness (QED) is 0.885. The van der Waals surface area contributed by atoms with E-state index in [1.165, 1.54) is 24.6 Å². The molecule has 0 aliphatic carbocycles. The minimum absolute atomic E-state index is 0.0813. The minimum atomic E-state index is -0.245. The molecule has 1 N–H and O–H groups in total. The molecule has 0 radical (unpaired) electrons. The van der Waals surface area contributed by atoms with Gasteiger partial charge in [-0.15, -0.1) is 0 Å². The van der Waals surface area contributed by atoms with E-state index < -0.39 is 0 Å². The molecule has 0 spiro atoms. The second-order valence-corrected chi connectivity index (χ2v) is 7.64. The Balaban J connectivity index is 1.73. The highest BCUT2D eigenvalue weighted by atomic mass is 32.2. The van der Waals surface area contributed by atoms with Crippen molar-refractivity contribution in [2.75, 3.05) is 18.8 Å². The van der Waals surface area contributed by atoms with Gasteiger partial charge in [0.2, 0.25) is 11.8 Å². The summed E-state index contributed by atoms with van der Waals surface area (Å²) in [6.07, 6.45) is 4.71. The second kappa shape index (κ2) is 8.91. The molecule has 1 aromatic carbocycles. The van der Waals surface area contributed by atoms with Crippen molar-refractivity contribution in [1.29, 1.82) is 5.26 Å². The SMILES string of the molecule is N#CC1=C(SCC(=O)N2CCCCCC2)NC(=O)C[C@@H]1c1ccccc1. The van der Waals surface area contributed by atoms with Crippen LogP contribution in [0.3, 0.4) is 0 Å². The summed E-state index contributed by atoms with van der Waals surface area (Å²) in [7, 11) is 0. The fourth-order valence-electron chi connectivity index (χ4n) is 3.45. The predicted octanol–water partition coefficient (Wildman–Crippen LogP) is 3.16. The van der Waals surface area contributed by atoms with E-state index in [9.17, 15) is 14.9 Å². The van der Waals surface area contributed by atoms with Gasteiger partial charge in [-0.1, -0.05) is 54.9 Å². The Hall–Kier alpha value is -2.26. The number of thioether (sulfide) groups is 1. The van der Waals surface area contributed by atoms with Gasteiger partial charge in [-0.25, -0.2) is 0 Å². The van der Waals surface area contributed by atoms with Gasteiger partial charge in [-0.05, 0) is 18.4 Å². The van der Waals surface area contributed by atoms with Crippen LogP contribution in [-0.4, -0.2) is 35.6 Å². The van der Waals surface area contributed by atoms with Crippen LogP contribution in [0.2, 0.25) is 0 Å². The van der Waals surface area contributed by atoms with E-state index in [4.69, 9.17) is 0 Å². The summed E-state index contributed by atoms with van der Waals surface area (Å²) in [5.74, 6) is -0.0199. The van der Waals surface area contributed by atoms with Gasteiger partial charge in [-0.3, -0.25) is 9.59 Å². The van der Waals surface area contributed by atoms with Crippen LogP contribution in [0.4, 0.5) is 0 Å². The Morgan fingerprint density at radius 3 is 2.54 bits per heavy atom. The summed E-state index contributed by atoms with van der Waals surface area (Å²) in [6, 6.07) is 11.9. The van der Waals surface area contributed by atoms with Crippen LogP contribution >= 0.6 is 11.8 Å². The summed E-state index contributed by atoms with van der Waals surface area (Å²) in [6.45, 7) is 1.62. The van der Waals surface area contributed by atoms with E-state index in [0.717, 1.165) is 31.5 Å². The lowest BCUT2D eigenvalue weighted by Crippen LogP contribution is -2.35. The number of carbonyl (C=O) groups excluding carboxylic acids is 2. The van der Waals surface area contributed by atoms with E-state index in [-0.39, 0.29) is 29.9 Å². The molecule has 2 aliphatic rings. The molecule has 1 fully saturated rings. The van der Waals surface area contributed by atoms with Gasteiger partial charge in [0.25, 0.3) is 0 Å². The molecule has 0 saturated carbocycles. The zero-order chi connectivity index (χ0) is 18.4. The van der Waals surface area contributed by atoms with Crippen LogP contribution in [-0.2, 0) is 9.59 Å². The molecule has 2 heterocycles. The summed E-state index contributed by atoms with van der Waals surface area (Å²) >= 11 is 1.27. The predicted molar refractivity (Wildman–Crippen MR) is 102 cm³/mol. The smallest absolute Gasteiger partial charge is 0.232 e. The molecule has 1 saturated heterocycles. The molecule has 1 atom stereocenters. The fourth-order valence-corrected chi connectivity index (χ4v) is 4.43. The number of likely N-dealkylation sites (tertiary alicyclic amines) is 1. The summed E-state index contributed by atoms with van der Waals surface area (Å²) in [4.78, 5) is 26.6. The van der Waals surface area contributed by atoms with E-state index in [0.29, 0.717) is 10.6 Å². The van der Waals surface area contributed by atoms with Gasteiger partial charge >= 0.3 is 0 Å². The van der Waals surface area contributed by atoms with E-state index >= 15 is 0 Å². The highest BCUT2D eigenvalue weighted by molar-refractivity contribution is 8.03. The number of nitrogens with one attached hydrogen (secondary N) is 1. The van der Waals surface area contributed by atoms with Crippen LogP contribution in [0.25, 0.3) is 0 Å². The zero-order valence-corrected chi connectivity index (χ0v) is 15.6. The van der Waals surface area contributed by atoms with Crippen LogP contribution < -0.4 is 5.32 Å². The molecule has 0 bridgehead atoms. The lowest BCUT2D eigenvalue weighted by molar-refractivity contribution is -0.128. The van der Waals surface area contributed by atoms with Crippen LogP contribution in [0.1, 0.15) is 43.6 Å². The lowest BCUT2D eigenvalue weighted by atomic mass is 9.87. The van der Waals surface area contributed by atoms with Gasteiger partial charge in [-0.2, -0.15) is 5.26 Å². The summed E-state index contributed by atoms with van der Waals surface area (Å²) in [5.41, 5.74) is 1.50. The maximum absolute atomic E-state index is 12.5. The number of hydrogen-bond acceptors (Lipinski definition) is 4. The van der Waals surface area contributed by atoms with E-state index in [2.05, 4.69) is 11.4 Å². The lowest BCUT2D eigenvalue weighted by Gasteiger charge is -2.26. The van der Waals surface area contributed by atoms with Crippen molar-refractivity contribution in [2.45, 2.75) is 38.0 Å². The Labute approximate surface area is 158 Å². The molecule has 0 aromatic heterocycles. The number of nitrogens with zero attached hydrogens (tertiary/aromatic N) is 2. The van der Waals surface area contributed by atoms with Crippen LogP contribution in [0.15, 0.2) is 40.9 Å². The fraction of sp³-hybridized carbons (Fsp3) is 0.450. The van der Waals surface area contributed by atoms with E-state index in [1.54, 1.807) is 0 Å². The number of carbonyl (C=O) groups is 2. The second-order valence-electron chi connectivity index (χ2n) is 6.65. The van der Waals surface area contributed by atoms with Crippen molar-refractivity contribution in [3.05, 3.63) is 46.5 Å². The van der Waals surface area contributed by atoms with Crippen molar-refractivity contribution >= 4 is 23.6 Å². The Morgan fingerprint density at radius 1 is 1.19 bits per heavy atom. The first-order chi connectivity index (χ1) is 12.7. The van der Waals surface area contributed by atoms with Crippen molar-refractivity contribution in [3.8, 4) is 6.07 Å². The summed E-state index contributed by atoms with van der Waals surface area (Å²) < 4.78 is 0. The van der Waals surface area contributed by atoms with Gasteiger partial charge in [0.15, 0.2) is 0 Å². The third kappa shape index (κ3) is 4.47. The molecule has 0 unspecified atom stereocenters. The molecule has 6 heteroatoms. The first-order valence-corrected chi connectivity index (χ1v) is 10.1. The summed E-state index contributed by atoms with van der Waals surface area (Å²) in [5, 5.41) is 13.0. The number of amides is 2. The number of rotatable bonds is 4. The maximum Gasteiger partial charge on any atom is 0.232 e. The van der Waals surface area contributed by atoms with Gasteiger partial charge in [0.05, 0.1) is 22.4 Å². The minimum Gasteiger partial charge on any atom is -0.342 e. The Bertz CT molecular complexity index is 731. The Morgan fingerprint density at radius 2 is 1.88 bits per heavy atom. The highest BCUT2D eigenvalue weighted by Crippen LogP contribution is 2.35. The molecular weight excluding hydrogens is 346 g/mol. The maximum atomic E-state index is 12.5. The van der Waals surface area contributed by atoms with Crippen LogP contribution in [0.5, 0.6) is 0 Å². The third-order valence-electron chi connectivity index (χ3n) is 4.86. The molecule has 2 amide bonds. The third-order valence-corrected chi connectivity index (χ3v) is 5.86. The largest absolute Gasteiger partial charge is 0.342 e. The van der Waals surface area contributed by atoms with Gasteiger partial charge in [0, 0.05) is 25.4 Å². The molecule has 5 nitrogen and oxygen atoms in total. The topological polar surface area (TPSA) is 73.2 Å². The van der Waals surface area contributed by atoms with Gasteiger partial charge in [0.1, 0.15) is 0 Å². The molecule has 136 valence electrons. The molecule has 26 heavy (non-hydrogen) atoms. The highest BCUT2D eigenvalue weighted by Gasteiger charge is 2.30. The number of nitriles is 1. The number of allylic oxidation sites excluding steroid dienone is 1. The van der Waals surface area contributed by atoms with Crippen molar-refractivity contribution in [3.63, 3.8) is 0 Å². The number of benzene rings is 1. The Kier molecular flexibility index (Phi) is 6.35. The van der Waals surface area contributed by atoms with Gasteiger partial charge < -0.3 is 10.2 Å². The molecular formula is C20H23N3O2S. The first-order valence-electron chi connectivity index (χ1n) is 9.08. The van der Waals surface area contributed by atoms with Crippen LogP contribution in [0, 0.1) is 11.3 Å².